The number of hydrogen-bond acceptors (Lipinski definition) is 6. The van der Waals surface area contributed by atoms with Gasteiger partial charge in [0.05, 0.1) is 6.33 Å². The number of rotatable bonds is 6. The highest BCUT2D eigenvalue weighted by atomic mass is 16.5. The molecule has 2 heterocycles. The number of amides is 1. The molecule has 1 N–H and O–H groups in total. The molecule has 4 aromatic rings. The van der Waals surface area contributed by atoms with E-state index in [2.05, 4.69) is 10.3 Å². The maximum Gasteiger partial charge on any atom is 0.332 e. The van der Waals surface area contributed by atoms with Crippen LogP contribution in [0, 0.1) is 13.8 Å². The van der Waals surface area contributed by atoms with Crippen molar-refractivity contribution in [2.75, 3.05) is 5.32 Å². The van der Waals surface area contributed by atoms with Gasteiger partial charge < -0.3 is 14.6 Å². The number of hydrogen-bond donors (Lipinski definition) is 1. The number of carbonyl (C=O) groups is 2. The Hall–Kier alpha value is -4.47. The predicted octanol–water partition coefficient (Wildman–Crippen LogP) is 1.97. The van der Waals surface area contributed by atoms with Gasteiger partial charge in [0.2, 0.25) is 6.10 Å². The first-order chi connectivity index (χ1) is 16.7. The standard InChI is InChI=1S/C25H25N5O5/c1-15-10-11-16(2)18(12-15)27-23(32)21(17-8-6-5-7-9-17)35-19(31)13-30-14-26-22-20(30)24(33)29(4)25(34)28(22)3/h5-12,14,21H,13H2,1-4H3,(H,27,32). The van der Waals surface area contributed by atoms with Crippen molar-refractivity contribution in [2.24, 2.45) is 14.1 Å². The minimum atomic E-state index is -1.22. The largest absolute Gasteiger partial charge is 0.446 e. The lowest BCUT2D eigenvalue weighted by atomic mass is 10.1. The fourth-order valence-corrected chi connectivity index (χ4v) is 3.79. The van der Waals surface area contributed by atoms with Gasteiger partial charge in [0.1, 0.15) is 6.54 Å². The summed E-state index contributed by atoms with van der Waals surface area (Å²) in [7, 11) is 2.84. The van der Waals surface area contributed by atoms with Crippen molar-refractivity contribution >= 4 is 28.7 Å². The van der Waals surface area contributed by atoms with Crippen LogP contribution in [-0.2, 0) is 35.0 Å². The first-order valence-electron chi connectivity index (χ1n) is 10.9. The van der Waals surface area contributed by atoms with Crippen LogP contribution < -0.4 is 16.6 Å². The zero-order chi connectivity index (χ0) is 25.3. The molecule has 1 amide bonds. The van der Waals surface area contributed by atoms with Crippen molar-refractivity contribution in [3.05, 3.63) is 92.4 Å². The van der Waals surface area contributed by atoms with E-state index < -0.39 is 29.2 Å². The number of fused-ring (bicyclic) bond motifs is 1. The van der Waals surface area contributed by atoms with Crippen molar-refractivity contribution in [3.8, 4) is 0 Å². The maximum atomic E-state index is 13.2. The molecule has 0 aliphatic rings. The van der Waals surface area contributed by atoms with Crippen LogP contribution in [-0.4, -0.2) is 30.6 Å². The molecule has 1 atom stereocenters. The summed E-state index contributed by atoms with van der Waals surface area (Å²) < 4.78 is 9.09. The quantitative estimate of drug-likeness (QED) is 0.426. The number of imidazole rings is 1. The lowest BCUT2D eigenvalue weighted by Gasteiger charge is -2.19. The van der Waals surface area contributed by atoms with E-state index in [4.69, 9.17) is 4.74 Å². The zero-order valence-electron chi connectivity index (χ0n) is 19.8. The Morgan fingerprint density at radius 3 is 2.46 bits per heavy atom. The molecular weight excluding hydrogens is 450 g/mol. The highest BCUT2D eigenvalue weighted by Gasteiger charge is 2.26. The summed E-state index contributed by atoms with van der Waals surface area (Å²) in [6.45, 7) is 3.42. The van der Waals surface area contributed by atoms with E-state index in [9.17, 15) is 19.2 Å². The number of aromatic nitrogens is 4. The molecule has 35 heavy (non-hydrogen) atoms. The highest BCUT2D eigenvalue weighted by molar-refractivity contribution is 5.96. The zero-order valence-corrected chi connectivity index (χ0v) is 19.8. The van der Waals surface area contributed by atoms with Gasteiger partial charge in [-0.1, -0.05) is 42.5 Å². The predicted molar refractivity (Wildman–Crippen MR) is 130 cm³/mol. The van der Waals surface area contributed by atoms with Gasteiger partial charge >= 0.3 is 11.7 Å². The van der Waals surface area contributed by atoms with Crippen molar-refractivity contribution in [1.29, 1.82) is 0 Å². The van der Waals surface area contributed by atoms with Crippen LogP contribution in [0.25, 0.3) is 11.2 Å². The Morgan fingerprint density at radius 2 is 1.74 bits per heavy atom. The van der Waals surface area contributed by atoms with Gasteiger partial charge in [-0.25, -0.2) is 9.78 Å². The molecule has 0 radical (unpaired) electrons. The molecule has 0 aliphatic heterocycles. The monoisotopic (exact) mass is 475 g/mol. The molecule has 4 rings (SSSR count). The maximum absolute atomic E-state index is 13.2. The van der Waals surface area contributed by atoms with E-state index in [1.54, 1.807) is 30.3 Å². The number of anilines is 1. The molecule has 180 valence electrons. The Labute approximate surface area is 200 Å². The summed E-state index contributed by atoms with van der Waals surface area (Å²) in [6.07, 6.45) is 0.0751. The summed E-state index contributed by atoms with van der Waals surface area (Å²) >= 11 is 0. The highest BCUT2D eigenvalue weighted by Crippen LogP contribution is 2.23. The second kappa shape index (κ2) is 9.41. The van der Waals surface area contributed by atoms with Crippen LogP contribution in [0.3, 0.4) is 0 Å². The van der Waals surface area contributed by atoms with E-state index in [1.807, 2.05) is 32.0 Å². The molecule has 0 saturated carbocycles. The molecular formula is C25H25N5O5. The van der Waals surface area contributed by atoms with Crippen LogP contribution >= 0.6 is 0 Å². The van der Waals surface area contributed by atoms with Gasteiger partial charge in [-0.3, -0.25) is 23.5 Å². The Bertz CT molecular complexity index is 1550. The number of benzene rings is 2. The summed E-state index contributed by atoms with van der Waals surface area (Å²) in [5.41, 5.74) is 2.09. The second-order valence-corrected chi connectivity index (χ2v) is 8.34. The topological polar surface area (TPSA) is 117 Å². The summed E-state index contributed by atoms with van der Waals surface area (Å²) in [4.78, 5) is 55.0. The number of ether oxygens (including phenoxy) is 1. The van der Waals surface area contributed by atoms with Gasteiger partial charge in [-0.15, -0.1) is 0 Å². The first-order valence-corrected chi connectivity index (χ1v) is 10.9. The summed E-state index contributed by atoms with van der Waals surface area (Å²) in [5.74, 6) is -1.25. The van der Waals surface area contributed by atoms with Crippen molar-refractivity contribution < 1.29 is 14.3 Å². The van der Waals surface area contributed by atoms with E-state index in [0.717, 1.165) is 15.7 Å². The Kier molecular flexibility index (Phi) is 6.37. The van der Waals surface area contributed by atoms with Crippen molar-refractivity contribution in [1.82, 2.24) is 18.7 Å². The molecule has 10 nitrogen and oxygen atoms in total. The number of nitrogens with zero attached hydrogens (tertiary/aromatic N) is 4. The van der Waals surface area contributed by atoms with Crippen LogP contribution in [0.4, 0.5) is 5.69 Å². The fraction of sp³-hybridized carbons (Fsp3) is 0.240. The average Bonchev–Trinajstić information content (AvgIpc) is 3.26. The van der Waals surface area contributed by atoms with E-state index >= 15 is 0 Å². The Balaban J connectivity index is 1.62. The normalized spacial score (nSPS) is 11.9. The minimum absolute atomic E-state index is 0.0858. The second-order valence-electron chi connectivity index (χ2n) is 8.34. The van der Waals surface area contributed by atoms with Gasteiger partial charge in [0, 0.05) is 25.3 Å². The lowest BCUT2D eigenvalue weighted by molar-refractivity contribution is -0.155. The first kappa shape index (κ1) is 23.7. The van der Waals surface area contributed by atoms with Crippen molar-refractivity contribution in [3.63, 3.8) is 0 Å². The van der Waals surface area contributed by atoms with Crippen LogP contribution in [0.1, 0.15) is 22.8 Å². The fourth-order valence-electron chi connectivity index (χ4n) is 3.79. The van der Waals surface area contributed by atoms with E-state index in [-0.39, 0.29) is 17.7 Å². The molecule has 0 spiro atoms. The molecule has 10 heteroatoms. The third kappa shape index (κ3) is 4.63. The van der Waals surface area contributed by atoms with Crippen LogP contribution in [0.2, 0.25) is 0 Å². The van der Waals surface area contributed by atoms with Gasteiger partial charge in [0.15, 0.2) is 11.2 Å². The summed E-state index contributed by atoms with van der Waals surface area (Å²) in [6, 6.07) is 14.3. The van der Waals surface area contributed by atoms with Gasteiger partial charge in [-0.2, -0.15) is 0 Å². The van der Waals surface area contributed by atoms with Crippen LogP contribution in [0.15, 0.2) is 64.4 Å². The molecule has 2 aromatic carbocycles. The summed E-state index contributed by atoms with van der Waals surface area (Å²) in [5, 5.41) is 2.85. The third-order valence-corrected chi connectivity index (χ3v) is 5.76. The van der Waals surface area contributed by atoms with Gasteiger partial charge in [-0.05, 0) is 31.0 Å². The van der Waals surface area contributed by atoms with Crippen molar-refractivity contribution in [2.45, 2.75) is 26.5 Å². The molecule has 0 bridgehead atoms. The smallest absolute Gasteiger partial charge is 0.332 e. The van der Waals surface area contributed by atoms with E-state index in [0.29, 0.717) is 11.3 Å². The Morgan fingerprint density at radius 1 is 1.03 bits per heavy atom. The number of nitrogens with one attached hydrogen (secondary N) is 1. The molecule has 0 aliphatic carbocycles. The minimum Gasteiger partial charge on any atom is -0.446 e. The van der Waals surface area contributed by atoms with E-state index in [1.165, 1.54) is 29.6 Å². The number of esters is 1. The number of aryl methyl sites for hydroxylation is 3. The van der Waals surface area contributed by atoms with Gasteiger partial charge in [0.25, 0.3) is 11.5 Å². The third-order valence-electron chi connectivity index (χ3n) is 5.76. The molecule has 0 saturated heterocycles. The SMILES string of the molecule is Cc1ccc(C)c(NC(=O)C(OC(=O)Cn2cnc3c2c(=O)n(C)c(=O)n3C)c2ccccc2)c1. The van der Waals surface area contributed by atoms with Crippen LogP contribution in [0.5, 0.6) is 0 Å². The molecule has 0 fully saturated rings. The average molecular weight is 476 g/mol. The molecule has 2 aromatic heterocycles. The number of carbonyl (C=O) groups excluding carboxylic acids is 2. The molecule has 1 unspecified atom stereocenters. The lowest BCUT2D eigenvalue weighted by Crippen LogP contribution is -2.37.